The molecule has 0 fully saturated rings. The Morgan fingerprint density at radius 1 is 1.11 bits per heavy atom. The minimum absolute atomic E-state index is 0.0653. The number of carbonyl (C=O) groups is 1. The molecular weight excluding hydrogens is 708 g/mol. The number of carbonyl (C=O) groups excluding carboxylic acids is 1. The number of fused-ring (bicyclic) bond motifs is 1. The molecule has 0 radical (unpaired) electrons. The number of hydrogen-bond acceptors (Lipinski definition) is 11. The van der Waals surface area contributed by atoms with Crippen LogP contribution >= 0.6 is 38.9 Å². The molecule has 0 N–H and O–H groups in total. The molecule has 0 spiro atoms. The molecule has 1 aromatic heterocycles. The van der Waals surface area contributed by atoms with Gasteiger partial charge in [0, 0.05) is 11.1 Å². The first-order valence-electron chi connectivity index (χ1n) is 13.4. The third-order valence-electron chi connectivity index (χ3n) is 6.81. The normalized spacial score (nSPS) is 14.4. The Morgan fingerprint density at radius 3 is 2.46 bits per heavy atom. The van der Waals surface area contributed by atoms with Crippen LogP contribution in [0.3, 0.4) is 0 Å². The van der Waals surface area contributed by atoms with Crippen LogP contribution in [0.4, 0.5) is 11.4 Å². The lowest BCUT2D eigenvalue weighted by atomic mass is 9.96. The summed E-state index contributed by atoms with van der Waals surface area (Å²) in [5.41, 5.74) is 0.303. The number of nitro benzene ring substituents is 2. The van der Waals surface area contributed by atoms with Crippen molar-refractivity contribution >= 4 is 62.3 Å². The van der Waals surface area contributed by atoms with Gasteiger partial charge in [-0.2, -0.15) is 0 Å². The molecule has 0 aliphatic carbocycles. The standard InChI is InChI=1S/C30H22BrClN4O9S/c1-4-44-29(38)25-15(2)33-30-34(26(25)17-5-7-18(32)8-6-17)28(37)24(46-30)13-16-11-20(31)27(23(12-16)43-3)45-22-10-9-19(35(39)40)14-21(22)36(41)42/h5-14,26H,4H2,1-3H3/b24-13-/t26-/m0/s1. The highest BCUT2D eigenvalue weighted by atomic mass is 79.9. The molecule has 13 nitrogen and oxygen atoms in total. The van der Waals surface area contributed by atoms with Crippen molar-refractivity contribution in [2.24, 2.45) is 4.99 Å². The van der Waals surface area contributed by atoms with Crippen LogP contribution in [0.2, 0.25) is 5.02 Å². The molecule has 3 aromatic carbocycles. The second kappa shape index (κ2) is 13.2. The van der Waals surface area contributed by atoms with Crippen LogP contribution in [0, 0.1) is 20.2 Å². The van der Waals surface area contributed by atoms with Gasteiger partial charge in [-0.25, -0.2) is 9.79 Å². The number of methoxy groups -OCH3 is 1. The van der Waals surface area contributed by atoms with E-state index in [2.05, 4.69) is 20.9 Å². The summed E-state index contributed by atoms with van der Waals surface area (Å²) in [6, 6.07) is 12.2. The van der Waals surface area contributed by atoms with Crippen molar-refractivity contribution in [2.45, 2.75) is 19.9 Å². The van der Waals surface area contributed by atoms with Crippen molar-refractivity contribution in [3.8, 4) is 17.2 Å². The number of ether oxygens (including phenoxy) is 3. The van der Waals surface area contributed by atoms with Crippen molar-refractivity contribution in [3.05, 3.63) is 126 Å². The molecule has 0 unspecified atom stereocenters. The maximum absolute atomic E-state index is 13.9. The summed E-state index contributed by atoms with van der Waals surface area (Å²) < 4.78 is 18.7. The van der Waals surface area contributed by atoms with E-state index in [0.29, 0.717) is 35.7 Å². The van der Waals surface area contributed by atoms with E-state index in [-0.39, 0.29) is 29.4 Å². The van der Waals surface area contributed by atoms with E-state index >= 15 is 0 Å². The third kappa shape index (κ3) is 6.29. The molecule has 46 heavy (non-hydrogen) atoms. The Morgan fingerprint density at radius 2 is 1.83 bits per heavy atom. The van der Waals surface area contributed by atoms with Crippen molar-refractivity contribution in [3.63, 3.8) is 0 Å². The van der Waals surface area contributed by atoms with Crippen LogP contribution in [0.25, 0.3) is 6.08 Å². The van der Waals surface area contributed by atoms with Gasteiger partial charge in [0.15, 0.2) is 16.3 Å². The molecule has 236 valence electrons. The number of non-ortho nitro benzene ring substituents is 1. The predicted molar refractivity (Wildman–Crippen MR) is 172 cm³/mol. The highest BCUT2D eigenvalue weighted by molar-refractivity contribution is 9.10. The maximum atomic E-state index is 13.9. The molecular formula is C30H22BrClN4O9S. The quantitative estimate of drug-likeness (QED) is 0.117. The first kappa shape index (κ1) is 32.5. The van der Waals surface area contributed by atoms with E-state index in [1.54, 1.807) is 56.3 Å². The Kier molecular flexibility index (Phi) is 9.37. The number of benzene rings is 3. The zero-order chi connectivity index (χ0) is 33.3. The summed E-state index contributed by atoms with van der Waals surface area (Å²) in [5.74, 6) is -0.614. The molecule has 1 atom stereocenters. The van der Waals surface area contributed by atoms with Gasteiger partial charge < -0.3 is 14.2 Å². The van der Waals surface area contributed by atoms with Gasteiger partial charge in [0.1, 0.15) is 0 Å². The zero-order valence-electron chi connectivity index (χ0n) is 24.2. The summed E-state index contributed by atoms with van der Waals surface area (Å²) in [7, 11) is 1.36. The topological polar surface area (TPSA) is 165 Å². The fourth-order valence-corrected chi connectivity index (χ4v) is 6.50. The molecule has 0 saturated carbocycles. The van der Waals surface area contributed by atoms with Gasteiger partial charge in [0.05, 0.1) is 55.9 Å². The monoisotopic (exact) mass is 728 g/mol. The summed E-state index contributed by atoms with van der Waals surface area (Å²) in [6.45, 7) is 3.51. The van der Waals surface area contributed by atoms with Gasteiger partial charge in [-0.3, -0.25) is 29.6 Å². The molecule has 1 aliphatic heterocycles. The smallest absolute Gasteiger partial charge is 0.338 e. The molecule has 0 saturated heterocycles. The number of hydrogen-bond donors (Lipinski definition) is 0. The summed E-state index contributed by atoms with van der Waals surface area (Å²) in [5, 5.41) is 23.2. The lowest BCUT2D eigenvalue weighted by Gasteiger charge is -2.24. The molecule has 1 aliphatic rings. The SMILES string of the molecule is CCOC(=O)C1=C(C)N=c2s/c(=C\c3cc(Br)c(Oc4ccc([N+](=O)[O-])cc4[N+](=O)[O-])c(OC)c3)c(=O)n2[C@H]1c1ccc(Cl)cc1. The molecule has 2 heterocycles. The molecule has 16 heteroatoms. The number of nitro groups is 2. The maximum Gasteiger partial charge on any atom is 0.338 e. The Bertz CT molecular complexity index is 2130. The Labute approximate surface area is 277 Å². The fraction of sp³-hybridized carbons (Fsp3) is 0.167. The second-order valence-electron chi connectivity index (χ2n) is 9.66. The Hall–Kier alpha value is -4.86. The lowest BCUT2D eigenvalue weighted by Crippen LogP contribution is -2.39. The average Bonchev–Trinajstić information content (AvgIpc) is 3.31. The van der Waals surface area contributed by atoms with Gasteiger partial charge in [-0.15, -0.1) is 0 Å². The summed E-state index contributed by atoms with van der Waals surface area (Å²) in [4.78, 5) is 53.1. The number of allylic oxidation sites excluding steroid dienone is 1. The summed E-state index contributed by atoms with van der Waals surface area (Å²) in [6.07, 6.45) is 1.61. The minimum Gasteiger partial charge on any atom is -0.493 e. The van der Waals surface area contributed by atoms with E-state index in [0.717, 1.165) is 29.5 Å². The predicted octanol–water partition coefficient (Wildman–Crippen LogP) is 5.83. The van der Waals surface area contributed by atoms with Crippen LogP contribution in [0.1, 0.15) is 31.0 Å². The summed E-state index contributed by atoms with van der Waals surface area (Å²) >= 11 is 10.6. The molecule has 0 bridgehead atoms. The van der Waals surface area contributed by atoms with E-state index < -0.39 is 38.8 Å². The fourth-order valence-electron chi connectivity index (χ4n) is 4.78. The molecule has 0 amide bonds. The largest absolute Gasteiger partial charge is 0.493 e. The lowest BCUT2D eigenvalue weighted by molar-refractivity contribution is -0.394. The first-order chi connectivity index (χ1) is 21.9. The highest BCUT2D eigenvalue weighted by Crippen LogP contribution is 2.43. The average molecular weight is 730 g/mol. The highest BCUT2D eigenvalue weighted by Gasteiger charge is 2.33. The van der Waals surface area contributed by atoms with E-state index in [1.165, 1.54) is 11.7 Å². The van der Waals surface area contributed by atoms with Crippen LogP contribution < -0.4 is 24.4 Å². The van der Waals surface area contributed by atoms with Gasteiger partial charge in [0.2, 0.25) is 5.75 Å². The van der Waals surface area contributed by atoms with Crippen molar-refractivity contribution in [1.29, 1.82) is 0 Å². The first-order valence-corrected chi connectivity index (χ1v) is 15.4. The molecule has 4 aromatic rings. The van der Waals surface area contributed by atoms with Crippen LogP contribution in [-0.4, -0.2) is 34.1 Å². The Balaban J connectivity index is 1.60. The zero-order valence-corrected chi connectivity index (χ0v) is 27.3. The number of rotatable bonds is 9. The number of nitrogens with zero attached hydrogens (tertiary/aromatic N) is 4. The van der Waals surface area contributed by atoms with Crippen molar-refractivity contribution in [1.82, 2.24) is 4.57 Å². The number of thiazole rings is 1. The number of esters is 1. The van der Waals surface area contributed by atoms with Crippen LogP contribution in [0.5, 0.6) is 17.2 Å². The van der Waals surface area contributed by atoms with E-state index in [4.69, 9.17) is 25.8 Å². The third-order valence-corrected chi connectivity index (χ3v) is 8.64. The van der Waals surface area contributed by atoms with Crippen LogP contribution in [-0.2, 0) is 9.53 Å². The van der Waals surface area contributed by atoms with Crippen molar-refractivity contribution < 1.29 is 28.9 Å². The van der Waals surface area contributed by atoms with E-state index in [1.807, 2.05) is 0 Å². The van der Waals surface area contributed by atoms with Crippen molar-refractivity contribution in [2.75, 3.05) is 13.7 Å². The van der Waals surface area contributed by atoms with Gasteiger partial charge in [-0.1, -0.05) is 35.1 Å². The van der Waals surface area contributed by atoms with Gasteiger partial charge >= 0.3 is 11.7 Å². The molecule has 5 rings (SSSR count). The van der Waals surface area contributed by atoms with Gasteiger partial charge in [0.25, 0.3) is 11.2 Å². The van der Waals surface area contributed by atoms with E-state index in [9.17, 15) is 29.8 Å². The number of aromatic nitrogens is 1. The number of halogens is 2. The minimum atomic E-state index is -0.816. The van der Waals surface area contributed by atoms with Crippen LogP contribution in [0.15, 0.2) is 80.1 Å². The second-order valence-corrected chi connectivity index (χ2v) is 12.0. The van der Waals surface area contributed by atoms with Gasteiger partial charge in [-0.05, 0) is 77.3 Å².